The molecule has 2 aromatic heterocycles. The molecule has 3 aliphatic rings. The van der Waals surface area contributed by atoms with Crippen molar-refractivity contribution in [2.75, 3.05) is 26.2 Å². The van der Waals surface area contributed by atoms with Gasteiger partial charge < -0.3 is 57.2 Å². The van der Waals surface area contributed by atoms with Gasteiger partial charge in [0.1, 0.15) is 24.5 Å². The molecule has 21 nitrogen and oxygen atoms in total. The number of nitrogens with two attached hydrogens (primary N) is 2. The lowest BCUT2D eigenvalue weighted by Crippen LogP contribution is -2.53. The number of halogens is 1. The molecule has 68 heavy (non-hydrogen) atoms. The minimum Gasteiger partial charge on any atom is -0.480 e. The highest BCUT2D eigenvalue weighted by atomic mass is 19.1. The van der Waals surface area contributed by atoms with Crippen LogP contribution < -0.4 is 38.3 Å². The number of amides is 6. The number of hydrogen-bond acceptors (Lipinski definition) is 13. The number of benzene rings is 2. The smallest absolute Gasteiger partial charge is 0.343 e. The fraction of sp³-hybridized carbons (Fsp3) is 0.391. The summed E-state index contributed by atoms with van der Waals surface area (Å²) in [6.45, 7) is 0.205. The zero-order chi connectivity index (χ0) is 49.2. The molecular weight excluding hydrogens is 890 g/mol. The Morgan fingerprint density at radius 1 is 0.985 bits per heavy atom. The summed E-state index contributed by atoms with van der Waals surface area (Å²) in [5.74, 6) is -7.79. The Bertz CT molecular complexity index is 2840. The second-order valence-electron chi connectivity index (χ2n) is 16.8. The van der Waals surface area contributed by atoms with E-state index in [9.17, 15) is 53.4 Å². The lowest BCUT2D eigenvalue weighted by molar-refractivity contribution is -0.172. The minimum atomic E-state index is -2.16. The number of aromatic nitrogens is 2. The van der Waals surface area contributed by atoms with E-state index in [1.165, 1.54) is 16.7 Å². The quantitative estimate of drug-likeness (QED) is 0.0494. The number of rotatable bonds is 18. The summed E-state index contributed by atoms with van der Waals surface area (Å²) in [5.41, 5.74) is 10.7. The van der Waals surface area contributed by atoms with Crippen LogP contribution >= 0.6 is 0 Å². The van der Waals surface area contributed by atoms with Crippen molar-refractivity contribution in [2.45, 2.75) is 89.3 Å². The maximum atomic E-state index is 15.7. The van der Waals surface area contributed by atoms with E-state index in [4.69, 9.17) is 21.2 Å². The van der Waals surface area contributed by atoms with Gasteiger partial charge in [0.25, 0.3) is 5.56 Å². The van der Waals surface area contributed by atoms with E-state index in [-0.39, 0.29) is 72.4 Å². The van der Waals surface area contributed by atoms with Gasteiger partial charge in [-0.15, -0.1) is 0 Å². The average Bonchev–Trinajstić information content (AvgIpc) is 3.69. The van der Waals surface area contributed by atoms with Gasteiger partial charge in [0.05, 0.1) is 61.2 Å². The molecule has 4 heterocycles. The Balaban J connectivity index is 1.21. The van der Waals surface area contributed by atoms with Gasteiger partial charge in [0.15, 0.2) is 5.60 Å². The Morgan fingerprint density at radius 2 is 1.69 bits per heavy atom. The number of aliphatic hydroxyl groups is 1. The van der Waals surface area contributed by atoms with Gasteiger partial charge in [-0.3, -0.25) is 33.6 Å². The SMILES string of the molecule is CC[C@@]1(O)C(=O)OCc2c1cc1n(c2=O)Cc2c-1nc1cc(F)c(C)c3c1c2[C@@H](N(C(=O)CNC(=O)CNC(=O)[C@H](Cc1ccccc1)NC(=O)CNC(=O)CN)[C@@H](CCC(N)=O)C(=O)O)CC3. The first-order chi connectivity index (χ1) is 32.4. The Hall–Kier alpha value is -7.59. The van der Waals surface area contributed by atoms with E-state index in [1.807, 2.05) is 0 Å². The number of ether oxygens (including phenoxy) is 1. The number of carboxylic acid groups (broad SMARTS) is 1. The molecule has 7 rings (SSSR count). The highest BCUT2D eigenvalue weighted by Gasteiger charge is 2.47. The molecular formula is C46H50FN9O12. The van der Waals surface area contributed by atoms with E-state index in [1.54, 1.807) is 44.2 Å². The number of nitrogens with one attached hydrogen (secondary N) is 4. The second kappa shape index (κ2) is 19.7. The third-order valence-electron chi connectivity index (χ3n) is 12.7. The predicted octanol–water partition coefficient (Wildman–Crippen LogP) is -0.903. The van der Waals surface area contributed by atoms with Crippen molar-refractivity contribution in [3.05, 3.63) is 97.6 Å². The maximum Gasteiger partial charge on any atom is 0.343 e. The number of aryl methyl sites for hydroxylation is 1. The van der Waals surface area contributed by atoms with Gasteiger partial charge in [-0.1, -0.05) is 37.3 Å². The molecule has 0 radical (unpaired) electrons. The van der Waals surface area contributed by atoms with Crippen LogP contribution in [0.1, 0.15) is 77.6 Å². The topological polar surface area (TPSA) is 325 Å². The van der Waals surface area contributed by atoms with Crippen molar-refractivity contribution < 1.29 is 57.7 Å². The maximum absolute atomic E-state index is 15.7. The van der Waals surface area contributed by atoms with Gasteiger partial charge >= 0.3 is 11.9 Å². The van der Waals surface area contributed by atoms with Crippen molar-refractivity contribution >= 4 is 58.3 Å². The molecule has 0 saturated heterocycles. The predicted molar refractivity (Wildman–Crippen MR) is 237 cm³/mol. The van der Waals surface area contributed by atoms with Crippen LogP contribution in [0.25, 0.3) is 22.3 Å². The molecule has 0 saturated carbocycles. The monoisotopic (exact) mass is 939 g/mol. The van der Waals surface area contributed by atoms with E-state index >= 15 is 4.39 Å². The normalized spacial score (nSPS) is 17.4. The Labute approximate surface area is 386 Å². The fourth-order valence-corrected chi connectivity index (χ4v) is 9.21. The van der Waals surface area contributed by atoms with Gasteiger partial charge in [-0.25, -0.2) is 19.0 Å². The third-order valence-corrected chi connectivity index (χ3v) is 12.7. The summed E-state index contributed by atoms with van der Waals surface area (Å²) in [5, 5.41) is 32.3. The van der Waals surface area contributed by atoms with E-state index in [0.29, 0.717) is 27.6 Å². The second-order valence-corrected chi connectivity index (χ2v) is 16.8. The number of esters is 1. The minimum absolute atomic E-state index is 0.0000619. The molecule has 10 N–H and O–H groups in total. The number of hydrogen-bond donors (Lipinski definition) is 8. The van der Waals surface area contributed by atoms with Crippen LogP contribution in [-0.2, 0) is 74.7 Å². The van der Waals surface area contributed by atoms with Crippen molar-refractivity contribution in [2.24, 2.45) is 11.5 Å². The molecule has 22 heteroatoms. The van der Waals surface area contributed by atoms with E-state index in [0.717, 1.165) is 4.90 Å². The summed E-state index contributed by atoms with van der Waals surface area (Å²) in [6.07, 6.45) is -0.878. The number of fused-ring (bicyclic) bond motifs is 5. The van der Waals surface area contributed by atoms with Gasteiger partial charge in [-0.05, 0) is 60.9 Å². The van der Waals surface area contributed by atoms with Crippen LogP contribution in [0.4, 0.5) is 4.39 Å². The number of carboxylic acids is 1. The largest absolute Gasteiger partial charge is 0.480 e. The molecule has 0 fully saturated rings. The zero-order valence-electron chi connectivity index (χ0n) is 37.1. The zero-order valence-corrected chi connectivity index (χ0v) is 37.1. The Morgan fingerprint density at radius 3 is 2.37 bits per heavy atom. The van der Waals surface area contributed by atoms with E-state index < -0.39 is 122 Å². The van der Waals surface area contributed by atoms with Crippen LogP contribution in [-0.4, -0.2) is 110 Å². The Kier molecular flexibility index (Phi) is 14.0. The molecule has 4 atom stereocenters. The number of nitrogens with zero attached hydrogens (tertiary/aromatic N) is 3. The van der Waals surface area contributed by atoms with Crippen molar-refractivity contribution in [1.82, 2.24) is 35.7 Å². The fourth-order valence-electron chi connectivity index (χ4n) is 9.21. The highest BCUT2D eigenvalue weighted by Crippen LogP contribution is 2.48. The molecule has 4 aromatic rings. The van der Waals surface area contributed by atoms with Crippen LogP contribution in [0.3, 0.4) is 0 Å². The summed E-state index contributed by atoms with van der Waals surface area (Å²) >= 11 is 0. The number of carbonyl (C=O) groups is 8. The average molecular weight is 940 g/mol. The molecule has 358 valence electrons. The van der Waals surface area contributed by atoms with Crippen molar-refractivity contribution in [1.29, 1.82) is 0 Å². The molecule has 0 unspecified atom stereocenters. The number of pyridine rings is 2. The first-order valence-electron chi connectivity index (χ1n) is 21.9. The van der Waals surface area contributed by atoms with Crippen LogP contribution in [0.2, 0.25) is 0 Å². The molecule has 1 aliphatic carbocycles. The van der Waals surface area contributed by atoms with Crippen LogP contribution in [0.5, 0.6) is 0 Å². The summed E-state index contributed by atoms with van der Waals surface area (Å²) < 4.78 is 22.2. The third kappa shape index (κ3) is 9.36. The highest BCUT2D eigenvalue weighted by molar-refractivity contribution is 5.96. The van der Waals surface area contributed by atoms with E-state index in [2.05, 4.69) is 21.3 Å². The molecule has 6 amide bonds. The molecule has 2 aromatic carbocycles. The molecule has 2 aliphatic heterocycles. The van der Waals surface area contributed by atoms with Gasteiger partial charge in [-0.2, -0.15) is 0 Å². The summed E-state index contributed by atoms with van der Waals surface area (Å²) in [6, 6.07) is 7.23. The lowest BCUT2D eigenvalue weighted by Gasteiger charge is -2.40. The number of carbonyl (C=O) groups excluding carboxylic acids is 7. The number of aliphatic carboxylic acids is 1. The number of primary amides is 1. The number of cyclic esters (lactones) is 1. The van der Waals surface area contributed by atoms with Crippen LogP contribution in [0.15, 0.2) is 47.3 Å². The van der Waals surface area contributed by atoms with Gasteiger partial charge in [0.2, 0.25) is 35.4 Å². The summed E-state index contributed by atoms with van der Waals surface area (Å²) in [7, 11) is 0. The standard InChI is InChI=1S/C46H50FN9O12/c1-3-46(67)27-14-33-41-25(20-55(33)43(63)26(27)21-68-45(46)66)40-31(10-9-24-22(2)28(47)15-29(54-41)39(24)40)56(32(44(64)65)11-12-34(49)57)38(61)19-51-36(59)17-52-42(62)30(13-23-7-5-4-6-8-23)53-37(60)18-50-35(58)16-48/h4-8,14-15,30-32,67H,3,9-13,16-21,48H2,1-2H3,(H2,49,57)(H,50,58)(H,51,59)(H,52,62)(H,53,60)(H,64,65)/t30-,31-,32-,46-/m0/s1. The van der Waals surface area contributed by atoms with Crippen LogP contribution in [0, 0.1) is 12.7 Å². The first-order valence-corrected chi connectivity index (χ1v) is 21.9. The lowest BCUT2D eigenvalue weighted by atomic mass is 9.80. The van der Waals surface area contributed by atoms with Crippen molar-refractivity contribution in [3.8, 4) is 11.4 Å². The van der Waals surface area contributed by atoms with Crippen molar-refractivity contribution in [3.63, 3.8) is 0 Å². The molecule has 0 spiro atoms. The first kappa shape index (κ1) is 48.3. The summed E-state index contributed by atoms with van der Waals surface area (Å²) in [4.78, 5) is 124. The molecule has 0 bridgehead atoms. The van der Waals surface area contributed by atoms with Gasteiger partial charge in [0, 0.05) is 35.4 Å².